The molecule has 18 heavy (non-hydrogen) atoms. The van der Waals surface area contributed by atoms with Crippen LogP contribution in [-0.2, 0) is 4.74 Å². The number of nitrogens with zero attached hydrogens (tertiary/aromatic N) is 1. The van der Waals surface area contributed by atoms with Crippen LogP contribution in [0.25, 0.3) is 0 Å². The van der Waals surface area contributed by atoms with Gasteiger partial charge in [-0.25, -0.2) is 9.78 Å². The Morgan fingerprint density at radius 1 is 1.33 bits per heavy atom. The van der Waals surface area contributed by atoms with Crippen molar-refractivity contribution >= 4 is 27.8 Å². The highest BCUT2D eigenvalue weighted by Crippen LogP contribution is 2.16. The Balaban J connectivity index is 3.05. The third-order valence-electron chi connectivity index (χ3n) is 1.95. The van der Waals surface area contributed by atoms with E-state index in [0.29, 0.717) is 4.47 Å². The van der Waals surface area contributed by atoms with Crippen LogP contribution < -0.4 is 5.32 Å². The Kier molecular flexibility index (Phi) is 4.45. The second-order valence-electron chi connectivity index (χ2n) is 4.72. The number of hydrogen-bond acceptors (Lipinski definition) is 4. The zero-order valence-corrected chi connectivity index (χ0v) is 12.3. The van der Waals surface area contributed by atoms with E-state index in [1.807, 2.05) is 20.8 Å². The highest BCUT2D eigenvalue weighted by molar-refractivity contribution is 9.10. The normalized spacial score (nSPS) is 10.9. The fraction of sp³-hybridized carbons (Fsp3) is 0.417. The van der Waals surface area contributed by atoms with E-state index in [0.717, 1.165) is 0 Å². The largest absolute Gasteiger partial charge is 0.464 e. The number of halogens is 1. The third-order valence-corrected chi connectivity index (χ3v) is 2.59. The van der Waals surface area contributed by atoms with Crippen molar-refractivity contribution in [1.29, 1.82) is 0 Å². The molecular weight excluding hydrogens is 300 g/mol. The molecular formula is C12H15BrN2O3. The molecule has 98 valence electrons. The number of carbonyl (C=O) groups excluding carboxylic acids is 2. The van der Waals surface area contributed by atoms with Gasteiger partial charge in [0.15, 0.2) is 5.69 Å². The van der Waals surface area contributed by atoms with Crippen LogP contribution in [0.1, 0.15) is 41.7 Å². The number of amides is 1. The molecule has 0 aliphatic rings. The monoisotopic (exact) mass is 314 g/mol. The average Bonchev–Trinajstić information content (AvgIpc) is 2.26. The SMILES string of the molecule is COC(=O)c1nc(C(=O)NC(C)(C)C)ccc1Br. The van der Waals surface area contributed by atoms with E-state index in [-0.39, 0.29) is 22.8 Å². The molecule has 0 saturated heterocycles. The summed E-state index contributed by atoms with van der Waals surface area (Å²) in [5.41, 5.74) is -0.107. The number of methoxy groups -OCH3 is 1. The van der Waals surface area contributed by atoms with Crippen molar-refractivity contribution in [3.63, 3.8) is 0 Å². The van der Waals surface area contributed by atoms with Crippen LogP contribution in [0.5, 0.6) is 0 Å². The van der Waals surface area contributed by atoms with Gasteiger partial charge in [0.25, 0.3) is 5.91 Å². The van der Waals surface area contributed by atoms with Gasteiger partial charge in [0, 0.05) is 5.54 Å². The van der Waals surface area contributed by atoms with Crippen LogP contribution in [-0.4, -0.2) is 29.5 Å². The number of ether oxygens (including phenoxy) is 1. The lowest BCUT2D eigenvalue weighted by atomic mass is 10.1. The summed E-state index contributed by atoms with van der Waals surface area (Å²) in [4.78, 5) is 27.3. The summed E-state index contributed by atoms with van der Waals surface area (Å²) in [5, 5.41) is 2.77. The maximum atomic E-state index is 11.9. The van der Waals surface area contributed by atoms with Gasteiger partial charge < -0.3 is 10.1 Å². The average molecular weight is 315 g/mol. The first kappa shape index (κ1) is 14.6. The quantitative estimate of drug-likeness (QED) is 0.849. The van der Waals surface area contributed by atoms with Crippen molar-refractivity contribution in [1.82, 2.24) is 10.3 Å². The molecule has 0 unspecified atom stereocenters. The zero-order valence-electron chi connectivity index (χ0n) is 10.7. The Labute approximate surface area is 114 Å². The fourth-order valence-electron chi connectivity index (χ4n) is 1.21. The fourth-order valence-corrected chi connectivity index (χ4v) is 1.60. The number of rotatable bonds is 2. The van der Waals surface area contributed by atoms with Crippen LogP contribution in [0.4, 0.5) is 0 Å². The van der Waals surface area contributed by atoms with Gasteiger partial charge in [-0.15, -0.1) is 0 Å². The molecule has 0 atom stereocenters. The topological polar surface area (TPSA) is 68.3 Å². The lowest BCUT2D eigenvalue weighted by Gasteiger charge is -2.20. The number of nitrogens with one attached hydrogen (secondary N) is 1. The van der Waals surface area contributed by atoms with Gasteiger partial charge in [-0.05, 0) is 48.8 Å². The van der Waals surface area contributed by atoms with Gasteiger partial charge in [0.2, 0.25) is 0 Å². The number of carbonyl (C=O) groups is 2. The molecule has 0 fully saturated rings. The second-order valence-corrected chi connectivity index (χ2v) is 5.58. The van der Waals surface area contributed by atoms with Crippen LogP contribution >= 0.6 is 15.9 Å². The Morgan fingerprint density at radius 2 is 1.94 bits per heavy atom. The molecule has 0 spiro atoms. The molecule has 5 nitrogen and oxygen atoms in total. The van der Waals surface area contributed by atoms with E-state index >= 15 is 0 Å². The van der Waals surface area contributed by atoms with Crippen LogP contribution in [0.15, 0.2) is 16.6 Å². The lowest BCUT2D eigenvalue weighted by Crippen LogP contribution is -2.41. The van der Waals surface area contributed by atoms with Crippen LogP contribution in [0, 0.1) is 0 Å². The molecule has 0 bridgehead atoms. The van der Waals surface area contributed by atoms with Crippen molar-refractivity contribution in [2.24, 2.45) is 0 Å². The molecule has 0 radical (unpaired) electrons. The van der Waals surface area contributed by atoms with Gasteiger partial charge in [-0.1, -0.05) is 0 Å². The van der Waals surface area contributed by atoms with Gasteiger partial charge in [-0.2, -0.15) is 0 Å². The minimum Gasteiger partial charge on any atom is -0.464 e. The summed E-state index contributed by atoms with van der Waals surface area (Å²) in [6.07, 6.45) is 0. The Morgan fingerprint density at radius 3 is 2.44 bits per heavy atom. The second kappa shape index (κ2) is 5.48. The van der Waals surface area contributed by atoms with E-state index < -0.39 is 5.97 Å². The smallest absolute Gasteiger partial charge is 0.357 e. The predicted molar refractivity (Wildman–Crippen MR) is 70.5 cm³/mol. The molecule has 1 N–H and O–H groups in total. The zero-order chi connectivity index (χ0) is 13.9. The summed E-state index contributed by atoms with van der Waals surface area (Å²) in [6.45, 7) is 5.60. The van der Waals surface area contributed by atoms with Crippen molar-refractivity contribution in [3.8, 4) is 0 Å². The lowest BCUT2D eigenvalue weighted by molar-refractivity contribution is 0.0592. The van der Waals surface area contributed by atoms with E-state index in [1.54, 1.807) is 6.07 Å². The minimum atomic E-state index is -0.590. The molecule has 0 saturated carbocycles. The molecule has 0 aliphatic carbocycles. The summed E-state index contributed by atoms with van der Waals surface area (Å²) in [6, 6.07) is 3.13. The Hall–Kier alpha value is -1.43. The third kappa shape index (κ3) is 3.80. The predicted octanol–water partition coefficient (Wildman–Crippen LogP) is 2.16. The Bertz CT molecular complexity index is 481. The number of hydrogen-bond donors (Lipinski definition) is 1. The first-order valence-corrected chi connectivity index (χ1v) is 6.11. The first-order valence-electron chi connectivity index (χ1n) is 5.32. The summed E-state index contributed by atoms with van der Waals surface area (Å²) in [5.74, 6) is -0.924. The van der Waals surface area contributed by atoms with Crippen molar-refractivity contribution < 1.29 is 14.3 Å². The van der Waals surface area contributed by atoms with Gasteiger partial charge >= 0.3 is 5.97 Å². The molecule has 1 aromatic heterocycles. The van der Waals surface area contributed by atoms with Gasteiger partial charge in [0.05, 0.1) is 11.6 Å². The van der Waals surface area contributed by atoms with Gasteiger partial charge in [0.1, 0.15) is 5.69 Å². The molecule has 6 heteroatoms. The summed E-state index contributed by atoms with van der Waals surface area (Å²) < 4.78 is 5.08. The van der Waals surface area contributed by atoms with E-state index in [2.05, 4.69) is 31.0 Å². The molecule has 1 rings (SSSR count). The van der Waals surface area contributed by atoms with Crippen molar-refractivity contribution in [3.05, 3.63) is 28.0 Å². The maximum Gasteiger partial charge on any atom is 0.357 e. The minimum absolute atomic E-state index is 0.0825. The highest BCUT2D eigenvalue weighted by atomic mass is 79.9. The van der Waals surface area contributed by atoms with E-state index in [4.69, 9.17) is 0 Å². The van der Waals surface area contributed by atoms with Crippen molar-refractivity contribution in [2.75, 3.05) is 7.11 Å². The number of aromatic nitrogens is 1. The molecule has 0 aromatic carbocycles. The van der Waals surface area contributed by atoms with Gasteiger partial charge in [-0.3, -0.25) is 4.79 Å². The van der Waals surface area contributed by atoms with E-state index in [9.17, 15) is 9.59 Å². The number of pyridine rings is 1. The highest BCUT2D eigenvalue weighted by Gasteiger charge is 2.19. The molecule has 1 amide bonds. The first-order chi connectivity index (χ1) is 8.24. The van der Waals surface area contributed by atoms with Crippen LogP contribution in [0.2, 0.25) is 0 Å². The summed E-state index contributed by atoms with van der Waals surface area (Å²) >= 11 is 3.19. The van der Waals surface area contributed by atoms with E-state index in [1.165, 1.54) is 13.2 Å². The molecule has 1 aromatic rings. The maximum absolute atomic E-state index is 11.9. The standard InChI is InChI=1S/C12H15BrN2O3/c1-12(2,3)15-10(16)8-6-5-7(13)9(14-8)11(17)18-4/h5-6H,1-4H3,(H,15,16). The van der Waals surface area contributed by atoms with Crippen molar-refractivity contribution in [2.45, 2.75) is 26.3 Å². The molecule has 1 heterocycles. The molecule has 0 aliphatic heterocycles. The summed E-state index contributed by atoms with van der Waals surface area (Å²) in [7, 11) is 1.26. The number of esters is 1. The van der Waals surface area contributed by atoms with Crippen LogP contribution in [0.3, 0.4) is 0 Å².